The van der Waals surface area contributed by atoms with E-state index in [1.165, 1.54) is 12.1 Å². The number of hydroxylamine groups is 2. The molecule has 0 saturated heterocycles. The molecule has 2 rings (SSSR count). The average Bonchev–Trinajstić information content (AvgIpc) is 2.49. The molecule has 0 N–H and O–H groups in total. The van der Waals surface area contributed by atoms with Gasteiger partial charge in [-0.05, 0) is 39.8 Å². The van der Waals surface area contributed by atoms with E-state index >= 15 is 0 Å². The Balaban J connectivity index is 2.41. The lowest BCUT2D eigenvalue weighted by Crippen LogP contribution is -2.50. The van der Waals surface area contributed by atoms with Crippen molar-refractivity contribution in [1.82, 2.24) is 5.06 Å². The third kappa shape index (κ3) is 1.98. The Morgan fingerprint density at radius 1 is 1.16 bits per heavy atom. The van der Waals surface area contributed by atoms with E-state index in [0.29, 0.717) is 11.4 Å². The minimum atomic E-state index is -0.649. The molecule has 0 saturated carbocycles. The van der Waals surface area contributed by atoms with E-state index < -0.39 is 16.0 Å². The topological polar surface area (TPSA) is 78.6 Å². The first-order valence-corrected chi connectivity index (χ1v) is 5.99. The van der Waals surface area contributed by atoms with Crippen LogP contribution in [0.25, 0.3) is 0 Å². The number of nitro groups is 1. The summed E-state index contributed by atoms with van der Waals surface area (Å²) >= 11 is 0. The second-order valence-electron chi connectivity index (χ2n) is 5.65. The van der Waals surface area contributed by atoms with Gasteiger partial charge in [0.05, 0.1) is 16.0 Å². The van der Waals surface area contributed by atoms with Crippen LogP contribution in [0.2, 0.25) is 0 Å². The molecule has 1 aliphatic rings. The van der Waals surface area contributed by atoms with Crippen LogP contribution < -0.4 is 0 Å². The molecule has 0 atom stereocenters. The maximum atomic E-state index is 12.3. The van der Waals surface area contributed by atoms with Crippen LogP contribution in [0, 0.1) is 10.1 Å². The van der Waals surface area contributed by atoms with Gasteiger partial charge < -0.3 is 0 Å². The zero-order chi connectivity index (χ0) is 14.4. The summed E-state index contributed by atoms with van der Waals surface area (Å²) in [6.07, 6.45) is 0. The molecule has 6 nitrogen and oxygen atoms in total. The highest BCUT2D eigenvalue weighted by Crippen LogP contribution is 2.38. The Morgan fingerprint density at radius 3 is 2.05 bits per heavy atom. The van der Waals surface area contributed by atoms with E-state index in [0.717, 1.165) is 5.06 Å². The van der Waals surface area contributed by atoms with Crippen molar-refractivity contribution in [2.75, 3.05) is 0 Å². The van der Waals surface area contributed by atoms with Crippen molar-refractivity contribution in [3.63, 3.8) is 0 Å². The number of aliphatic imine (C=N–C) groups is 1. The van der Waals surface area contributed by atoms with Crippen molar-refractivity contribution >= 4 is 11.5 Å². The second-order valence-corrected chi connectivity index (χ2v) is 5.65. The zero-order valence-electron chi connectivity index (χ0n) is 11.4. The monoisotopic (exact) mass is 262 g/mol. The van der Waals surface area contributed by atoms with Crippen molar-refractivity contribution in [2.24, 2.45) is 4.99 Å². The maximum absolute atomic E-state index is 12.3. The van der Waals surface area contributed by atoms with Gasteiger partial charge in [0.2, 0.25) is 0 Å². The highest BCUT2D eigenvalue weighted by atomic mass is 16.6. The fraction of sp³-hybridized carbons (Fsp3) is 0.462. The van der Waals surface area contributed by atoms with Crippen molar-refractivity contribution in [2.45, 2.75) is 38.8 Å². The van der Waals surface area contributed by atoms with Crippen molar-refractivity contribution < 1.29 is 10.1 Å². The summed E-state index contributed by atoms with van der Waals surface area (Å²) in [5.41, 5.74) is -0.562. The van der Waals surface area contributed by atoms with Crippen LogP contribution in [0.4, 0.5) is 5.69 Å². The summed E-state index contributed by atoms with van der Waals surface area (Å²) in [5.74, 6) is 0.324. The third-order valence-electron chi connectivity index (χ3n) is 3.92. The molecule has 0 fully saturated rings. The van der Waals surface area contributed by atoms with Gasteiger partial charge in [-0.15, -0.1) is 0 Å². The Morgan fingerprint density at radius 2 is 1.68 bits per heavy atom. The Hall–Kier alpha value is -1.95. The number of amidine groups is 1. The quantitative estimate of drug-likeness (QED) is 0.607. The predicted molar refractivity (Wildman–Crippen MR) is 70.3 cm³/mol. The van der Waals surface area contributed by atoms with Gasteiger partial charge in [-0.25, -0.2) is 0 Å². The normalized spacial score (nSPS) is 20.3. The first-order chi connectivity index (χ1) is 8.67. The molecule has 0 bridgehead atoms. The third-order valence-corrected chi connectivity index (χ3v) is 3.92. The first kappa shape index (κ1) is 13.5. The number of hydrogen-bond acceptors (Lipinski definition) is 4. The van der Waals surface area contributed by atoms with Crippen LogP contribution in [-0.2, 0) is 5.21 Å². The van der Waals surface area contributed by atoms with Crippen molar-refractivity contribution in [1.29, 1.82) is 0 Å². The molecule has 0 unspecified atom stereocenters. The Labute approximate surface area is 111 Å². The minimum Gasteiger partial charge on any atom is -0.258 e. The van der Waals surface area contributed by atoms with Gasteiger partial charge in [0.25, 0.3) is 5.69 Å². The lowest BCUT2D eigenvalue weighted by Gasteiger charge is -2.35. The molecule has 1 heterocycles. The summed E-state index contributed by atoms with van der Waals surface area (Å²) in [6, 6.07) is 5.87. The summed E-state index contributed by atoms with van der Waals surface area (Å²) in [4.78, 5) is 14.6. The predicted octanol–water partition coefficient (Wildman–Crippen LogP) is 2.56. The summed E-state index contributed by atoms with van der Waals surface area (Å²) in [5, 5.41) is 23.8. The van der Waals surface area contributed by atoms with Gasteiger partial charge in [-0.2, -0.15) is 5.06 Å². The smallest absolute Gasteiger partial charge is 0.258 e. The molecular formula is C13H16N3O3. The highest BCUT2D eigenvalue weighted by molar-refractivity contribution is 6.00. The van der Waals surface area contributed by atoms with Gasteiger partial charge in [0.1, 0.15) is 0 Å². The molecule has 0 amide bonds. The number of rotatable bonds is 2. The molecule has 0 aliphatic carbocycles. The van der Waals surface area contributed by atoms with Gasteiger partial charge in [-0.1, -0.05) is 5.21 Å². The zero-order valence-corrected chi connectivity index (χ0v) is 11.4. The summed E-state index contributed by atoms with van der Waals surface area (Å²) in [6.45, 7) is 7.47. The van der Waals surface area contributed by atoms with Crippen LogP contribution in [0.15, 0.2) is 29.3 Å². The van der Waals surface area contributed by atoms with E-state index in [9.17, 15) is 15.3 Å². The minimum absolute atomic E-state index is 0.00156. The first-order valence-electron chi connectivity index (χ1n) is 5.99. The molecule has 1 aromatic rings. The molecule has 101 valence electrons. The maximum Gasteiger partial charge on any atom is 0.269 e. The van der Waals surface area contributed by atoms with Crippen LogP contribution in [0.3, 0.4) is 0 Å². The fourth-order valence-corrected chi connectivity index (χ4v) is 1.87. The van der Waals surface area contributed by atoms with Crippen LogP contribution in [-0.4, -0.2) is 26.9 Å². The van der Waals surface area contributed by atoms with E-state index in [1.807, 2.05) is 27.7 Å². The largest absolute Gasteiger partial charge is 0.269 e. The van der Waals surface area contributed by atoms with E-state index in [2.05, 4.69) is 4.99 Å². The number of benzene rings is 1. The van der Waals surface area contributed by atoms with Crippen molar-refractivity contribution in [3.8, 4) is 0 Å². The molecule has 0 aromatic heterocycles. The van der Waals surface area contributed by atoms with Gasteiger partial charge in [0, 0.05) is 17.7 Å². The molecule has 1 aliphatic heterocycles. The summed E-state index contributed by atoms with van der Waals surface area (Å²) < 4.78 is 0. The number of hydrogen-bond donors (Lipinski definition) is 0. The fourth-order valence-electron chi connectivity index (χ4n) is 1.87. The molecule has 6 heteroatoms. The number of non-ortho nitro benzene ring substituents is 1. The molecule has 1 aromatic carbocycles. The Bertz CT molecular complexity index is 547. The van der Waals surface area contributed by atoms with Crippen molar-refractivity contribution in [3.05, 3.63) is 39.9 Å². The van der Waals surface area contributed by atoms with Gasteiger partial charge in [0.15, 0.2) is 5.84 Å². The lowest BCUT2D eigenvalue weighted by molar-refractivity contribution is -0.384. The highest BCUT2D eigenvalue weighted by Gasteiger charge is 2.50. The number of nitro benzene ring substituents is 1. The van der Waals surface area contributed by atoms with Crippen LogP contribution in [0.5, 0.6) is 0 Å². The summed E-state index contributed by atoms with van der Waals surface area (Å²) in [7, 11) is 0. The molecule has 1 radical (unpaired) electrons. The van der Waals surface area contributed by atoms with E-state index in [-0.39, 0.29) is 5.69 Å². The average molecular weight is 262 g/mol. The van der Waals surface area contributed by atoms with E-state index in [4.69, 9.17) is 0 Å². The molecular weight excluding hydrogens is 246 g/mol. The second kappa shape index (κ2) is 4.03. The number of nitrogens with zero attached hydrogens (tertiary/aromatic N) is 3. The molecule has 0 spiro atoms. The van der Waals surface area contributed by atoms with Crippen LogP contribution >= 0.6 is 0 Å². The standard InChI is InChI=1S/C13H16N3O3/c1-12(2)13(3,4)15(17)11(14-12)9-5-7-10(8-6-9)16(18)19/h5-8H,1-4H3. The molecule has 19 heavy (non-hydrogen) atoms. The van der Waals surface area contributed by atoms with E-state index in [1.54, 1.807) is 12.1 Å². The lowest BCUT2D eigenvalue weighted by atomic mass is 9.84. The SMILES string of the molecule is CC1(C)N=C(c2ccc([N+](=O)[O-])cc2)N([O])C1(C)C. The van der Waals surface area contributed by atoms with Crippen LogP contribution in [0.1, 0.15) is 33.3 Å². The Kier molecular flexibility index (Phi) is 2.86. The van der Waals surface area contributed by atoms with Gasteiger partial charge >= 0.3 is 0 Å². The van der Waals surface area contributed by atoms with Gasteiger partial charge in [-0.3, -0.25) is 15.1 Å².